The molecule has 1 N–H and O–H groups in total. The molecule has 0 spiro atoms. The summed E-state index contributed by atoms with van der Waals surface area (Å²) >= 11 is 0. The average molecular weight is 287 g/mol. The van der Waals surface area contributed by atoms with Crippen LogP contribution in [-0.4, -0.2) is 43.3 Å². The average Bonchev–Trinajstić information content (AvgIpc) is 2.53. The molecule has 19 heavy (non-hydrogen) atoms. The van der Waals surface area contributed by atoms with Crippen molar-refractivity contribution < 1.29 is 13.5 Å². The van der Waals surface area contributed by atoms with Crippen LogP contribution in [0.4, 0.5) is 0 Å². The van der Waals surface area contributed by atoms with Gasteiger partial charge in [0.25, 0.3) is 0 Å². The van der Waals surface area contributed by atoms with Gasteiger partial charge in [0.15, 0.2) is 0 Å². The summed E-state index contributed by atoms with van der Waals surface area (Å²) in [6, 6.07) is 0. The van der Waals surface area contributed by atoms with Crippen LogP contribution < -0.4 is 0 Å². The number of piperidine rings is 1. The van der Waals surface area contributed by atoms with Crippen LogP contribution in [0, 0.1) is 5.92 Å². The van der Waals surface area contributed by atoms with E-state index in [0.717, 1.165) is 44.9 Å². The Balaban J connectivity index is 1.95. The van der Waals surface area contributed by atoms with Crippen LogP contribution >= 0.6 is 0 Å². The minimum absolute atomic E-state index is 0.299. The maximum atomic E-state index is 11.6. The Morgan fingerprint density at radius 2 is 2.11 bits per heavy atom. The first-order valence-corrected chi connectivity index (χ1v) is 9.13. The van der Waals surface area contributed by atoms with Gasteiger partial charge >= 0.3 is 0 Å². The van der Waals surface area contributed by atoms with Crippen LogP contribution in [0.5, 0.6) is 0 Å². The molecule has 1 saturated heterocycles. The largest absolute Gasteiger partial charge is 0.389 e. The monoisotopic (exact) mass is 287 g/mol. The lowest BCUT2D eigenvalue weighted by Gasteiger charge is -2.31. The van der Waals surface area contributed by atoms with Crippen molar-refractivity contribution in [2.45, 2.75) is 51.0 Å². The Kier molecular flexibility index (Phi) is 5.03. The molecule has 0 aromatic carbocycles. The van der Waals surface area contributed by atoms with Gasteiger partial charge in [0, 0.05) is 13.1 Å². The molecule has 2 aliphatic rings. The summed E-state index contributed by atoms with van der Waals surface area (Å²) in [5.41, 5.74) is 1.32. The summed E-state index contributed by atoms with van der Waals surface area (Å²) in [6.45, 7) is 1.31. The lowest BCUT2D eigenvalue weighted by Crippen LogP contribution is -2.39. The van der Waals surface area contributed by atoms with Gasteiger partial charge in [-0.3, -0.25) is 0 Å². The van der Waals surface area contributed by atoms with Gasteiger partial charge in [-0.1, -0.05) is 18.1 Å². The minimum Gasteiger partial charge on any atom is -0.389 e. The lowest BCUT2D eigenvalue weighted by molar-refractivity contribution is 0.210. The van der Waals surface area contributed by atoms with Crippen LogP contribution in [0.3, 0.4) is 0 Å². The van der Waals surface area contributed by atoms with Crippen molar-refractivity contribution in [1.82, 2.24) is 4.31 Å². The second kappa shape index (κ2) is 6.37. The fraction of sp³-hybridized carbons (Fsp3) is 0.857. The van der Waals surface area contributed by atoms with Gasteiger partial charge in [0.2, 0.25) is 10.0 Å². The first-order valence-electron chi connectivity index (χ1n) is 7.28. The van der Waals surface area contributed by atoms with Crippen LogP contribution in [0.2, 0.25) is 0 Å². The molecule has 1 aliphatic heterocycles. The van der Waals surface area contributed by atoms with Crippen molar-refractivity contribution in [2.24, 2.45) is 5.92 Å². The van der Waals surface area contributed by atoms with Crippen molar-refractivity contribution in [3.8, 4) is 0 Å². The molecule has 0 aromatic heterocycles. The molecule has 0 aromatic rings. The number of aliphatic hydroxyl groups excluding tert-OH is 1. The van der Waals surface area contributed by atoms with E-state index in [9.17, 15) is 13.5 Å². The topological polar surface area (TPSA) is 57.6 Å². The second-order valence-electron chi connectivity index (χ2n) is 5.97. The minimum atomic E-state index is -3.05. The van der Waals surface area contributed by atoms with E-state index in [2.05, 4.69) is 0 Å². The second-order valence-corrected chi connectivity index (χ2v) is 7.95. The van der Waals surface area contributed by atoms with Crippen LogP contribution in [0.25, 0.3) is 0 Å². The normalized spacial score (nSPS) is 30.7. The first-order chi connectivity index (χ1) is 8.95. The van der Waals surface area contributed by atoms with Gasteiger partial charge in [-0.25, -0.2) is 12.7 Å². The molecule has 0 bridgehead atoms. The number of allylic oxidation sites excluding steroid dienone is 1. The Labute approximate surface area is 116 Å². The number of sulfonamides is 1. The molecule has 0 saturated carbocycles. The molecule has 1 fully saturated rings. The molecule has 5 heteroatoms. The molecular weight excluding hydrogens is 262 g/mol. The number of aliphatic hydroxyl groups is 1. The highest BCUT2D eigenvalue weighted by molar-refractivity contribution is 7.88. The predicted molar refractivity (Wildman–Crippen MR) is 76.3 cm³/mol. The standard InChI is InChI=1S/C14H25NO3S/c1-19(17,18)15-8-4-6-13(11-15)9-12-5-2-3-7-14(16)10-12/h10,13-14,16H,2-9,11H2,1H3. The van der Waals surface area contributed by atoms with Gasteiger partial charge in [-0.2, -0.15) is 0 Å². The zero-order valence-electron chi connectivity index (χ0n) is 11.7. The number of hydrogen-bond donors (Lipinski definition) is 1. The highest BCUT2D eigenvalue weighted by atomic mass is 32.2. The Morgan fingerprint density at radius 1 is 1.32 bits per heavy atom. The molecule has 1 aliphatic carbocycles. The summed E-state index contributed by atoms with van der Waals surface area (Å²) in [5, 5.41) is 9.79. The molecular formula is C14H25NO3S. The van der Waals surface area contributed by atoms with Crippen molar-refractivity contribution in [1.29, 1.82) is 0 Å². The van der Waals surface area contributed by atoms with Crippen molar-refractivity contribution in [3.63, 3.8) is 0 Å². The summed E-state index contributed by atoms with van der Waals surface area (Å²) in [5.74, 6) is 0.417. The SMILES string of the molecule is CS(=O)(=O)N1CCCC(CC2=CC(O)CCCC2)C1. The van der Waals surface area contributed by atoms with E-state index >= 15 is 0 Å². The summed E-state index contributed by atoms with van der Waals surface area (Å²) in [7, 11) is -3.05. The van der Waals surface area contributed by atoms with Gasteiger partial charge < -0.3 is 5.11 Å². The summed E-state index contributed by atoms with van der Waals surface area (Å²) in [4.78, 5) is 0. The molecule has 2 rings (SSSR count). The molecule has 2 unspecified atom stereocenters. The third-order valence-electron chi connectivity index (χ3n) is 4.18. The number of nitrogens with zero attached hydrogens (tertiary/aromatic N) is 1. The quantitative estimate of drug-likeness (QED) is 0.807. The highest BCUT2D eigenvalue weighted by Crippen LogP contribution is 2.28. The van der Waals surface area contributed by atoms with Crippen molar-refractivity contribution in [2.75, 3.05) is 19.3 Å². The number of hydrogen-bond acceptors (Lipinski definition) is 3. The molecule has 4 nitrogen and oxygen atoms in total. The maximum absolute atomic E-state index is 11.6. The molecule has 0 radical (unpaired) electrons. The van der Waals surface area contributed by atoms with E-state index in [1.807, 2.05) is 6.08 Å². The van der Waals surface area contributed by atoms with E-state index in [-0.39, 0.29) is 6.10 Å². The smallest absolute Gasteiger partial charge is 0.211 e. The number of rotatable bonds is 3. The van der Waals surface area contributed by atoms with Crippen LogP contribution in [0.15, 0.2) is 11.6 Å². The van der Waals surface area contributed by atoms with Crippen molar-refractivity contribution >= 4 is 10.0 Å². The van der Waals surface area contributed by atoms with E-state index in [4.69, 9.17) is 0 Å². The summed E-state index contributed by atoms with van der Waals surface area (Å²) < 4.78 is 24.8. The summed E-state index contributed by atoms with van der Waals surface area (Å²) in [6.07, 6.45) is 10.2. The molecule has 0 amide bonds. The van der Waals surface area contributed by atoms with Gasteiger partial charge in [-0.15, -0.1) is 0 Å². The highest BCUT2D eigenvalue weighted by Gasteiger charge is 2.26. The third-order valence-corrected chi connectivity index (χ3v) is 5.45. The fourth-order valence-electron chi connectivity index (χ4n) is 3.18. The third kappa shape index (κ3) is 4.58. The zero-order chi connectivity index (χ0) is 13.9. The van der Waals surface area contributed by atoms with Gasteiger partial charge in [0.1, 0.15) is 0 Å². The Bertz CT molecular complexity index is 430. The van der Waals surface area contributed by atoms with Gasteiger partial charge in [-0.05, 0) is 44.4 Å². The maximum Gasteiger partial charge on any atom is 0.211 e. The van der Waals surface area contributed by atoms with Crippen LogP contribution in [-0.2, 0) is 10.0 Å². The van der Waals surface area contributed by atoms with E-state index < -0.39 is 10.0 Å². The van der Waals surface area contributed by atoms with Gasteiger partial charge in [0.05, 0.1) is 12.4 Å². The van der Waals surface area contributed by atoms with E-state index in [1.165, 1.54) is 11.8 Å². The van der Waals surface area contributed by atoms with E-state index in [0.29, 0.717) is 19.0 Å². The Morgan fingerprint density at radius 3 is 2.84 bits per heavy atom. The molecule has 1 heterocycles. The lowest BCUT2D eigenvalue weighted by atomic mass is 9.90. The predicted octanol–water partition coefficient (Wildman–Crippen LogP) is 1.91. The van der Waals surface area contributed by atoms with E-state index in [1.54, 1.807) is 4.31 Å². The zero-order valence-corrected chi connectivity index (χ0v) is 12.5. The molecule has 110 valence electrons. The van der Waals surface area contributed by atoms with Crippen molar-refractivity contribution in [3.05, 3.63) is 11.6 Å². The van der Waals surface area contributed by atoms with Crippen LogP contribution in [0.1, 0.15) is 44.9 Å². The molecule has 2 atom stereocenters. The Hall–Kier alpha value is -0.390. The fourth-order valence-corrected chi connectivity index (χ4v) is 4.12. The first kappa shape index (κ1) is 15.0.